The number of likely N-dealkylation sites (tertiary alicyclic amines) is 1. The lowest BCUT2D eigenvalue weighted by Gasteiger charge is -2.22. The fourth-order valence-electron chi connectivity index (χ4n) is 3.01. The van der Waals surface area contributed by atoms with E-state index in [1.54, 1.807) is 0 Å². The van der Waals surface area contributed by atoms with Crippen LogP contribution in [0.2, 0.25) is 0 Å². The van der Waals surface area contributed by atoms with Crippen molar-refractivity contribution >= 4 is 5.96 Å². The molecular weight excluding hydrogens is 278 g/mol. The Morgan fingerprint density at radius 2 is 2.32 bits per heavy atom. The third-order valence-electron chi connectivity index (χ3n) is 3.88. The minimum Gasteiger partial charge on any atom is -0.357 e. The molecule has 0 aromatic carbocycles. The van der Waals surface area contributed by atoms with Gasteiger partial charge in [-0.1, -0.05) is 19.0 Å². The van der Waals surface area contributed by atoms with E-state index in [0.29, 0.717) is 24.7 Å². The minimum atomic E-state index is 0.663. The predicted molar refractivity (Wildman–Crippen MR) is 87.9 cm³/mol. The largest absolute Gasteiger partial charge is 0.357 e. The molecule has 1 aliphatic rings. The van der Waals surface area contributed by atoms with Crippen molar-refractivity contribution in [1.29, 1.82) is 0 Å². The summed E-state index contributed by atoms with van der Waals surface area (Å²) < 4.78 is 5.13. The van der Waals surface area contributed by atoms with Crippen LogP contribution in [0.15, 0.2) is 9.52 Å². The molecule has 1 fully saturated rings. The van der Waals surface area contributed by atoms with E-state index in [4.69, 9.17) is 9.52 Å². The average molecular weight is 307 g/mol. The summed E-state index contributed by atoms with van der Waals surface area (Å²) in [6, 6.07) is 0. The molecule has 0 saturated carbocycles. The van der Waals surface area contributed by atoms with E-state index >= 15 is 0 Å². The molecule has 0 amide bonds. The van der Waals surface area contributed by atoms with Crippen molar-refractivity contribution in [2.75, 3.05) is 26.2 Å². The van der Waals surface area contributed by atoms with Crippen molar-refractivity contribution in [3.05, 3.63) is 11.7 Å². The molecule has 1 atom stereocenters. The van der Waals surface area contributed by atoms with Crippen molar-refractivity contribution in [2.45, 2.75) is 47.0 Å². The summed E-state index contributed by atoms with van der Waals surface area (Å²) in [5, 5.41) is 7.20. The highest BCUT2D eigenvalue weighted by molar-refractivity contribution is 5.80. The number of hydrogen-bond acceptors (Lipinski definition) is 4. The summed E-state index contributed by atoms with van der Waals surface area (Å²) in [5.41, 5.74) is 0. The smallest absolute Gasteiger partial charge is 0.228 e. The third-order valence-corrected chi connectivity index (χ3v) is 3.88. The highest BCUT2D eigenvalue weighted by Gasteiger charge is 2.25. The maximum Gasteiger partial charge on any atom is 0.228 e. The third kappa shape index (κ3) is 5.00. The molecule has 6 nitrogen and oxygen atoms in total. The molecule has 2 rings (SSSR count). The van der Waals surface area contributed by atoms with Gasteiger partial charge in [0.05, 0.1) is 6.54 Å². The van der Waals surface area contributed by atoms with Gasteiger partial charge in [0.1, 0.15) is 0 Å². The number of hydrogen-bond donors (Lipinski definition) is 1. The van der Waals surface area contributed by atoms with Crippen LogP contribution in [0.3, 0.4) is 0 Å². The van der Waals surface area contributed by atoms with Gasteiger partial charge in [-0.3, -0.25) is 4.99 Å². The number of guanidine groups is 1. The van der Waals surface area contributed by atoms with Crippen LogP contribution in [-0.2, 0) is 6.42 Å². The van der Waals surface area contributed by atoms with Crippen molar-refractivity contribution < 1.29 is 4.52 Å². The number of aromatic nitrogens is 2. The van der Waals surface area contributed by atoms with E-state index in [2.05, 4.69) is 41.1 Å². The summed E-state index contributed by atoms with van der Waals surface area (Å²) in [5.74, 6) is 3.93. The van der Waals surface area contributed by atoms with Crippen LogP contribution in [0.25, 0.3) is 0 Å². The molecule has 1 N–H and O–H groups in total. The first-order chi connectivity index (χ1) is 10.6. The Balaban J connectivity index is 1.87. The number of nitrogens with zero attached hydrogens (tertiary/aromatic N) is 4. The lowest BCUT2D eigenvalue weighted by Crippen LogP contribution is -2.40. The molecular formula is C16H29N5O. The van der Waals surface area contributed by atoms with Crippen LogP contribution in [0.1, 0.15) is 45.3 Å². The fraction of sp³-hybridized carbons (Fsp3) is 0.812. The molecule has 6 heteroatoms. The van der Waals surface area contributed by atoms with E-state index in [9.17, 15) is 0 Å². The quantitative estimate of drug-likeness (QED) is 0.645. The molecule has 1 aromatic rings. The zero-order valence-corrected chi connectivity index (χ0v) is 14.3. The highest BCUT2D eigenvalue weighted by Crippen LogP contribution is 2.23. The van der Waals surface area contributed by atoms with Crippen molar-refractivity contribution in [1.82, 2.24) is 20.4 Å². The lowest BCUT2D eigenvalue weighted by atomic mass is 9.97. The van der Waals surface area contributed by atoms with Crippen LogP contribution < -0.4 is 5.32 Å². The summed E-state index contributed by atoms with van der Waals surface area (Å²) >= 11 is 0. The normalized spacial score (nSPS) is 19.2. The molecule has 0 radical (unpaired) electrons. The predicted octanol–water partition coefficient (Wildman–Crippen LogP) is 2.25. The maximum atomic E-state index is 5.13. The van der Waals surface area contributed by atoms with Crippen LogP contribution in [-0.4, -0.2) is 47.2 Å². The second-order valence-electron chi connectivity index (χ2n) is 6.45. The Hall–Kier alpha value is -1.59. The maximum absolute atomic E-state index is 5.13. The van der Waals surface area contributed by atoms with E-state index in [1.165, 1.54) is 12.8 Å². The lowest BCUT2D eigenvalue weighted by molar-refractivity contribution is 0.375. The van der Waals surface area contributed by atoms with Gasteiger partial charge < -0.3 is 14.7 Å². The molecule has 1 aromatic heterocycles. The van der Waals surface area contributed by atoms with Gasteiger partial charge in [-0.05, 0) is 38.5 Å². The van der Waals surface area contributed by atoms with Crippen LogP contribution in [0.5, 0.6) is 0 Å². The Kier molecular flexibility index (Phi) is 6.21. The summed E-state index contributed by atoms with van der Waals surface area (Å²) in [6.07, 6.45) is 3.27. The number of nitrogens with one attached hydrogen (secondary N) is 1. The number of aryl methyl sites for hydroxylation is 1. The van der Waals surface area contributed by atoms with Crippen LogP contribution in [0, 0.1) is 18.8 Å². The topological polar surface area (TPSA) is 66.5 Å². The van der Waals surface area contributed by atoms with Crippen LogP contribution in [0.4, 0.5) is 0 Å². The second-order valence-corrected chi connectivity index (χ2v) is 6.45. The van der Waals surface area contributed by atoms with Gasteiger partial charge in [0.25, 0.3) is 0 Å². The van der Waals surface area contributed by atoms with E-state index < -0.39 is 0 Å². The zero-order valence-electron chi connectivity index (χ0n) is 14.3. The van der Waals surface area contributed by atoms with E-state index in [0.717, 1.165) is 37.4 Å². The molecule has 0 bridgehead atoms. The molecule has 124 valence electrons. The molecule has 1 aliphatic heterocycles. The van der Waals surface area contributed by atoms with Gasteiger partial charge in [-0.25, -0.2) is 0 Å². The first-order valence-corrected chi connectivity index (χ1v) is 8.41. The Morgan fingerprint density at radius 3 is 2.95 bits per heavy atom. The monoisotopic (exact) mass is 307 g/mol. The van der Waals surface area contributed by atoms with Crippen LogP contribution >= 0.6 is 0 Å². The van der Waals surface area contributed by atoms with E-state index in [1.807, 2.05) is 6.92 Å². The first kappa shape index (κ1) is 16.8. The minimum absolute atomic E-state index is 0.663. The molecule has 0 spiro atoms. The molecule has 1 saturated heterocycles. The summed E-state index contributed by atoms with van der Waals surface area (Å²) in [6.45, 7) is 12.3. The number of rotatable bonds is 6. The second kappa shape index (κ2) is 8.15. The highest BCUT2D eigenvalue weighted by atomic mass is 16.5. The molecule has 2 heterocycles. The summed E-state index contributed by atoms with van der Waals surface area (Å²) in [4.78, 5) is 11.3. The van der Waals surface area contributed by atoms with Gasteiger partial charge in [0, 0.05) is 26.1 Å². The average Bonchev–Trinajstić information content (AvgIpc) is 3.06. The summed E-state index contributed by atoms with van der Waals surface area (Å²) in [7, 11) is 0. The number of aliphatic imine (C=N–C) groups is 1. The van der Waals surface area contributed by atoms with E-state index in [-0.39, 0.29) is 0 Å². The Labute approximate surface area is 133 Å². The zero-order chi connectivity index (χ0) is 15.9. The Bertz CT molecular complexity index is 483. The van der Waals surface area contributed by atoms with Gasteiger partial charge in [-0.15, -0.1) is 0 Å². The van der Waals surface area contributed by atoms with Gasteiger partial charge >= 0.3 is 0 Å². The molecule has 0 aliphatic carbocycles. The van der Waals surface area contributed by atoms with Crippen molar-refractivity contribution in [2.24, 2.45) is 16.8 Å². The first-order valence-electron chi connectivity index (χ1n) is 8.41. The fourth-order valence-corrected chi connectivity index (χ4v) is 3.01. The van der Waals surface area contributed by atoms with Gasteiger partial charge in [0.15, 0.2) is 11.8 Å². The molecule has 1 unspecified atom stereocenters. The van der Waals surface area contributed by atoms with Gasteiger partial charge in [0.2, 0.25) is 5.89 Å². The standard InChI is InChI=1S/C16H29N5O/c1-5-17-16(18-8-6-15-19-13(4)20-22-15)21-9-7-14(11-21)10-12(2)3/h12,14H,5-11H2,1-4H3,(H,17,18). The molecule has 22 heavy (non-hydrogen) atoms. The Morgan fingerprint density at radius 1 is 1.50 bits per heavy atom. The van der Waals surface area contributed by atoms with Crippen molar-refractivity contribution in [3.8, 4) is 0 Å². The van der Waals surface area contributed by atoms with Crippen molar-refractivity contribution in [3.63, 3.8) is 0 Å². The van der Waals surface area contributed by atoms with Gasteiger partial charge in [-0.2, -0.15) is 4.98 Å². The SMILES string of the molecule is CCNC(=NCCc1nc(C)no1)N1CCC(CC(C)C)C1.